The Morgan fingerprint density at radius 2 is 1.75 bits per heavy atom. The van der Waals surface area contributed by atoms with Gasteiger partial charge in [0.05, 0.1) is 17.1 Å². The van der Waals surface area contributed by atoms with E-state index in [0.717, 1.165) is 11.1 Å². The zero-order valence-electron chi connectivity index (χ0n) is 17.0. The summed E-state index contributed by atoms with van der Waals surface area (Å²) in [5.74, 6) is 0.962. The van der Waals surface area contributed by atoms with Gasteiger partial charge in [-0.1, -0.05) is 54.1 Å². The zero-order chi connectivity index (χ0) is 22.1. The molecule has 158 valence electrons. The van der Waals surface area contributed by atoms with Crippen LogP contribution in [0.5, 0.6) is 5.75 Å². The summed E-state index contributed by atoms with van der Waals surface area (Å²) in [7, 11) is 0. The number of phenols is 1. The number of pyridine rings is 1. The molecule has 0 aliphatic heterocycles. The zero-order valence-corrected chi connectivity index (χ0v) is 17.8. The summed E-state index contributed by atoms with van der Waals surface area (Å²) in [6, 6.07) is 22.3. The predicted molar refractivity (Wildman–Crippen MR) is 125 cm³/mol. The van der Waals surface area contributed by atoms with Crippen molar-refractivity contribution in [1.29, 1.82) is 0 Å². The van der Waals surface area contributed by atoms with Gasteiger partial charge in [0, 0.05) is 24.2 Å². The van der Waals surface area contributed by atoms with E-state index >= 15 is 0 Å². The van der Waals surface area contributed by atoms with Gasteiger partial charge in [0.2, 0.25) is 11.3 Å². The molecular formula is C26H19ClN2O3. The maximum absolute atomic E-state index is 13.3. The Hall–Kier alpha value is -3.83. The first-order chi connectivity index (χ1) is 15.6. The van der Waals surface area contributed by atoms with E-state index in [2.05, 4.69) is 4.98 Å². The van der Waals surface area contributed by atoms with E-state index in [4.69, 9.17) is 16.0 Å². The summed E-state index contributed by atoms with van der Waals surface area (Å²) in [5, 5.41) is 11.1. The molecule has 2 aromatic heterocycles. The van der Waals surface area contributed by atoms with Gasteiger partial charge in [-0.15, -0.1) is 0 Å². The smallest absolute Gasteiger partial charge is 0.231 e. The minimum Gasteiger partial charge on any atom is -0.508 e. The molecule has 3 aromatic carbocycles. The van der Waals surface area contributed by atoms with E-state index in [1.807, 2.05) is 59.2 Å². The van der Waals surface area contributed by atoms with Crippen LogP contribution in [0.15, 0.2) is 94.4 Å². The Morgan fingerprint density at radius 3 is 2.53 bits per heavy atom. The molecule has 0 radical (unpaired) electrons. The molecule has 0 atom stereocenters. The van der Waals surface area contributed by atoms with Crippen LogP contribution in [-0.4, -0.2) is 14.7 Å². The fraction of sp³-hybridized carbons (Fsp3) is 0.0769. The highest BCUT2D eigenvalue weighted by atomic mass is 35.5. The lowest BCUT2D eigenvalue weighted by Gasteiger charge is -2.13. The molecule has 5 nitrogen and oxygen atoms in total. The summed E-state index contributed by atoms with van der Waals surface area (Å²) in [5.41, 5.74) is 2.93. The SMILES string of the molecule is O=c1c(-c2ncc(Cc3ccccc3)o2)cn(Cc2ccc(Cl)cc2)c2ccc(O)cc12. The van der Waals surface area contributed by atoms with E-state index in [0.29, 0.717) is 40.2 Å². The van der Waals surface area contributed by atoms with Crippen LogP contribution in [0.4, 0.5) is 0 Å². The third-order valence-corrected chi connectivity index (χ3v) is 5.59. The molecule has 0 amide bonds. The van der Waals surface area contributed by atoms with Crippen LogP contribution >= 0.6 is 11.6 Å². The van der Waals surface area contributed by atoms with Crippen molar-refractivity contribution >= 4 is 22.5 Å². The highest BCUT2D eigenvalue weighted by molar-refractivity contribution is 6.30. The van der Waals surface area contributed by atoms with Crippen molar-refractivity contribution in [1.82, 2.24) is 9.55 Å². The van der Waals surface area contributed by atoms with Crippen molar-refractivity contribution in [2.24, 2.45) is 0 Å². The van der Waals surface area contributed by atoms with Crippen molar-refractivity contribution in [3.05, 3.63) is 117 Å². The number of oxazole rings is 1. The molecule has 0 bridgehead atoms. The van der Waals surface area contributed by atoms with Crippen LogP contribution in [0, 0.1) is 0 Å². The second-order valence-corrected chi connectivity index (χ2v) is 8.06. The summed E-state index contributed by atoms with van der Waals surface area (Å²) < 4.78 is 7.90. The molecule has 5 aromatic rings. The Bertz CT molecular complexity index is 1450. The van der Waals surface area contributed by atoms with E-state index in [9.17, 15) is 9.90 Å². The van der Waals surface area contributed by atoms with Gasteiger partial charge in [0.25, 0.3) is 0 Å². The number of benzene rings is 3. The fourth-order valence-corrected chi connectivity index (χ4v) is 3.89. The first kappa shape index (κ1) is 20.1. The number of aromatic nitrogens is 2. The minimum atomic E-state index is -0.239. The van der Waals surface area contributed by atoms with Crippen molar-refractivity contribution in [2.45, 2.75) is 13.0 Å². The Balaban J connectivity index is 1.59. The maximum Gasteiger partial charge on any atom is 0.231 e. The number of fused-ring (bicyclic) bond motifs is 1. The highest BCUT2D eigenvalue weighted by Gasteiger charge is 2.16. The summed E-state index contributed by atoms with van der Waals surface area (Å²) in [6.07, 6.45) is 3.99. The number of aromatic hydroxyl groups is 1. The molecule has 2 heterocycles. The molecule has 0 fully saturated rings. The quantitative estimate of drug-likeness (QED) is 0.381. The predicted octanol–water partition coefficient (Wildman–Crippen LogP) is 5.65. The Morgan fingerprint density at radius 1 is 0.969 bits per heavy atom. The average Bonchev–Trinajstić information content (AvgIpc) is 3.26. The molecule has 0 spiro atoms. The average molecular weight is 443 g/mol. The first-order valence-electron chi connectivity index (χ1n) is 10.2. The summed E-state index contributed by atoms with van der Waals surface area (Å²) in [4.78, 5) is 17.6. The highest BCUT2D eigenvalue weighted by Crippen LogP contribution is 2.24. The van der Waals surface area contributed by atoms with Gasteiger partial charge >= 0.3 is 0 Å². The largest absolute Gasteiger partial charge is 0.508 e. The van der Waals surface area contributed by atoms with Gasteiger partial charge in [-0.05, 0) is 41.5 Å². The van der Waals surface area contributed by atoms with Gasteiger partial charge in [-0.2, -0.15) is 0 Å². The lowest BCUT2D eigenvalue weighted by molar-refractivity contribution is 0.476. The molecular weight excluding hydrogens is 424 g/mol. The normalized spacial score (nSPS) is 11.2. The van der Waals surface area contributed by atoms with Gasteiger partial charge < -0.3 is 14.1 Å². The Labute approximate surface area is 189 Å². The Kier molecular flexibility index (Phi) is 5.25. The van der Waals surface area contributed by atoms with Crippen LogP contribution in [0.25, 0.3) is 22.4 Å². The number of phenolic OH excluding ortho intramolecular Hbond substituents is 1. The van der Waals surface area contributed by atoms with E-state index in [1.54, 1.807) is 24.5 Å². The second kappa shape index (κ2) is 8.36. The van der Waals surface area contributed by atoms with Crippen LogP contribution < -0.4 is 5.43 Å². The van der Waals surface area contributed by atoms with Gasteiger partial charge in [0.1, 0.15) is 17.1 Å². The first-order valence-corrected chi connectivity index (χ1v) is 10.5. The van der Waals surface area contributed by atoms with Crippen LogP contribution in [0.2, 0.25) is 5.02 Å². The number of halogens is 1. The van der Waals surface area contributed by atoms with Crippen LogP contribution in [0.3, 0.4) is 0 Å². The van der Waals surface area contributed by atoms with E-state index in [1.165, 1.54) is 6.07 Å². The molecule has 0 aliphatic carbocycles. The molecule has 6 heteroatoms. The van der Waals surface area contributed by atoms with E-state index in [-0.39, 0.29) is 17.1 Å². The molecule has 32 heavy (non-hydrogen) atoms. The topological polar surface area (TPSA) is 68.3 Å². The maximum atomic E-state index is 13.3. The van der Waals surface area contributed by atoms with Crippen molar-refractivity contribution in [3.63, 3.8) is 0 Å². The van der Waals surface area contributed by atoms with Gasteiger partial charge in [-0.25, -0.2) is 4.98 Å². The molecule has 5 rings (SSSR count). The number of rotatable bonds is 5. The summed E-state index contributed by atoms with van der Waals surface area (Å²) >= 11 is 6.02. The minimum absolute atomic E-state index is 0.0296. The number of hydrogen-bond acceptors (Lipinski definition) is 4. The number of hydrogen-bond donors (Lipinski definition) is 1. The van der Waals surface area contributed by atoms with Crippen molar-refractivity contribution in [3.8, 4) is 17.2 Å². The molecule has 1 N–H and O–H groups in total. The lowest BCUT2D eigenvalue weighted by atomic mass is 10.1. The number of nitrogens with zero attached hydrogens (tertiary/aromatic N) is 2. The fourth-order valence-electron chi connectivity index (χ4n) is 3.77. The molecule has 0 unspecified atom stereocenters. The van der Waals surface area contributed by atoms with Crippen molar-refractivity contribution < 1.29 is 9.52 Å². The van der Waals surface area contributed by atoms with Crippen molar-refractivity contribution in [2.75, 3.05) is 0 Å². The van der Waals surface area contributed by atoms with Crippen LogP contribution in [-0.2, 0) is 13.0 Å². The monoisotopic (exact) mass is 442 g/mol. The standard InChI is InChI=1S/C26H19ClN2O3/c27-19-8-6-18(7-9-19)15-29-16-23(25(31)22-13-20(30)10-11-24(22)29)26-28-14-21(32-26)12-17-4-2-1-3-5-17/h1-11,13-14,16,30H,12,15H2. The molecule has 0 saturated carbocycles. The second-order valence-electron chi connectivity index (χ2n) is 7.62. The molecule has 0 saturated heterocycles. The summed E-state index contributed by atoms with van der Waals surface area (Å²) in [6.45, 7) is 0.517. The van der Waals surface area contributed by atoms with Gasteiger partial charge in [0.15, 0.2) is 0 Å². The van der Waals surface area contributed by atoms with E-state index < -0.39 is 0 Å². The molecule has 0 aliphatic rings. The van der Waals surface area contributed by atoms with Crippen LogP contribution in [0.1, 0.15) is 16.9 Å². The third kappa shape index (κ3) is 4.03. The lowest BCUT2D eigenvalue weighted by Crippen LogP contribution is -2.13. The van der Waals surface area contributed by atoms with Gasteiger partial charge in [-0.3, -0.25) is 4.79 Å². The third-order valence-electron chi connectivity index (χ3n) is 5.34.